The molecule has 0 saturated carbocycles. The number of methoxy groups -OCH3 is 1. The highest BCUT2D eigenvalue weighted by molar-refractivity contribution is 7.81. The van der Waals surface area contributed by atoms with E-state index in [1.165, 1.54) is 4.90 Å². The van der Waals surface area contributed by atoms with E-state index in [1.54, 1.807) is 19.2 Å². The summed E-state index contributed by atoms with van der Waals surface area (Å²) in [6.07, 6.45) is 0. The van der Waals surface area contributed by atoms with Crippen LogP contribution in [0.5, 0.6) is 5.75 Å². The van der Waals surface area contributed by atoms with Crippen LogP contribution >= 0.6 is 12.2 Å². The lowest BCUT2D eigenvalue weighted by Crippen LogP contribution is -2.33. The molecular weight excluding hydrogens is 334 g/mol. The van der Waals surface area contributed by atoms with Crippen LogP contribution in [0.4, 0.5) is 17.1 Å². The quantitative estimate of drug-likeness (QED) is 0.617. The Morgan fingerprint density at radius 2 is 1.80 bits per heavy atom. The molecule has 2 aromatic carbocycles. The number of aryl methyl sites for hydroxylation is 1. The summed E-state index contributed by atoms with van der Waals surface area (Å²) >= 11 is 5.59. The maximum absolute atomic E-state index is 12.8. The van der Waals surface area contributed by atoms with Gasteiger partial charge < -0.3 is 9.64 Å². The SMILES string of the molecule is [C-]#[N+]c1ccc(N2C(=O)C(C)N(c3ccc(OC)cc3)C2=S)cc1C. The van der Waals surface area contributed by atoms with Crippen molar-refractivity contribution in [1.29, 1.82) is 0 Å². The van der Waals surface area contributed by atoms with E-state index in [2.05, 4.69) is 4.85 Å². The van der Waals surface area contributed by atoms with E-state index in [0.29, 0.717) is 16.5 Å². The van der Waals surface area contributed by atoms with Crippen molar-refractivity contribution in [2.24, 2.45) is 0 Å². The molecule has 3 rings (SSSR count). The zero-order chi connectivity index (χ0) is 18.1. The molecule has 1 aliphatic heterocycles. The van der Waals surface area contributed by atoms with Crippen LogP contribution in [-0.2, 0) is 4.79 Å². The van der Waals surface area contributed by atoms with Crippen LogP contribution in [0.15, 0.2) is 42.5 Å². The van der Waals surface area contributed by atoms with Crippen molar-refractivity contribution in [2.75, 3.05) is 16.9 Å². The Morgan fingerprint density at radius 3 is 2.36 bits per heavy atom. The van der Waals surface area contributed by atoms with E-state index in [9.17, 15) is 4.79 Å². The first-order valence-electron chi connectivity index (χ1n) is 7.77. The molecule has 1 unspecified atom stereocenters. The third-order valence-corrected chi connectivity index (χ3v) is 4.65. The van der Waals surface area contributed by atoms with Crippen LogP contribution in [-0.4, -0.2) is 24.2 Å². The summed E-state index contributed by atoms with van der Waals surface area (Å²) in [7, 11) is 1.61. The van der Waals surface area contributed by atoms with Crippen LogP contribution in [0, 0.1) is 13.5 Å². The fourth-order valence-corrected chi connectivity index (χ4v) is 3.34. The standard InChI is InChI=1S/C19H17N3O2S/c1-12-11-15(7-10-17(12)20-3)22-18(23)13(2)21(19(22)25)14-5-8-16(24-4)9-6-14/h5-11,13H,1-2,4H3. The van der Waals surface area contributed by atoms with Gasteiger partial charge in [-0.05, 0) is 68.0 Å². The average Bonchev–Trinajstić information content (AvgIpc) is 2.84. The molecule has 0 radical (unpaired) electrons. The monoisotopic (exact) mass is 351 g/mol. The molecule has 126 valence electrons. The summed E-state index contributed by atoms with van der Waals surface area (Å²) in [6.45, 7) is 10.8. The number of hydrogen-bond donors (Lipinski definition) is 0. The first-order chi connectivity index (χ1) is 12.0. The third kappa shape index (κ3) is 2.83. The first-order valence-corrected chi connectivity index (χ1v) is 8.18. The minimum Gasteiger partial charge on any atom is -0.497 e. The van der Waals surface area contributed by atoms with Crippen molar-refractivity contribution in [3.8, 4) is 5.75 Å². The molecule has 1 amide bonds. The molecule has 1 aliphatic rings. The molecule has 2 aromatic rings. The Balaban J connectivity index is 1.98. The topological polar surface area (TPSA) is 37.1 Å². The molecule has 1 heterocycles. The van der Waals surface area contributed by atoms with Gasteiger partial charge in [0.05, 0.1) is 13.7 Å². The lowest BCUT2D eigenvalue weighted by Gasteiger charge is -2.22. The van der Waals surface area contributed by atoms with Crippen LogP contribution in [0.2, 0.25) is 0 Å². The van der Waals surface area contributed by atoms with Crippen LogP contribution < -0.4 is 14.5 Å². The second kappa shape index (κ2) is 6.54. The molecule has 0 aliphatic carbocycles. The second-order valence-electron chi connectivity index (χ2n) is 5.78. The lowest BCUT2D eigenvalue weighted by molar-refractivity contribution is -0.117. The van der Waals surface area contributed by atoms with Gasteiger partial charge in [-0.25, -0.2) is 4.85 Å². The number of ether oxygens (including phenoxy) is 1. The minimum atomic E-state index is -0.401. The normalized spacial score (nSPS) is 17.0. The molecule has 5 nitrogen and oxygen atoms in total. The molecule has 0 bridgehead atoms. The van der Waals surface area contributed by atoms with Crippen molar-refractivity contribution in [3.63, 3.8) is 0 Å². The van der Waals surface area contributed by atoms with Gasteiger partial charge in [-0.1, -0.05) is 6.07 Å². The van der Waals surface area contributed by atoms with Crippen molar-refractivity contribution in [2.45, 2.75) is 19.9 Å². The lowest BCUT2D eigenvalue weighted by atomic mass is 10.1. The summed E-state index contributed by atoms with van der Waals surface area (Å²) < 4.78 is 5.18. The van der Waals surface area contributed by atoms with Crippen molar-refractivity contribution in [3.05, 3.63) is 59.4 Å². The van der Waals surface area contributed by atoms with Crippen LogP contribution in [0.1, 0.15) is 12.5 Å². The van der Waals surface area contributed by atoms with E-state index in [0.717, 1.165) is 17.0 Å². The number of benzene rings is 2. The van der Waals surface area contributed by atoms with E-state index in [4.69, 9.17) is 23.5 Å². The number of carbonyl (C=O) groups excluding carboxylic acids is 1. The van der Waals surface area contributed by atoms with Gasteiger partial charge in [-0.3, -0.25) is 9.69 Å². The van der Waals surface area contributed by atoms with Crippen molar-refractivity contribution < 1.29 is 9.53 Å². The largest absolute Gasteiger partial charge is 0.497 e. The molecule has 1 atom stereocenters. The number of hydrogen-bond acceptors (Lipinski definition) is 3. The van der Waals surface area contributed by atoms with Crippen LogP contribution in [0.3, 0.4) is 0 Å². The number of thiocarbonyl (C=S) groups is 1. The number of amides is 1. The molecule has 1 saturated heterocycles. The first kappa shape index (κ1) is 16.9. The Kier molecular flexibility index (Phi) is 4.43. The molecular formula is C19H17N3O2S. The summed E-state index contributed by atoms with van der Waals surface area (Å²) in [5, 5.41) is 0.428. The molecule has 0 spiro atoms. The maximum atomic E-state index is 12.8. The van der Waals surface area contributed by atoms with Gasteiger partial charge in [0.1, 0.15) is 11.8 Å². The minimum absolute atomic E-state index is 0.0872. The van der Waals surface area contributed by atoms with Crippen molar-refractivity contribution >= 4 is 40.3 Å². The van der Waals surface area contributed by atoms with Gasteiger partial charge in [0.2, 0.25) is 0 Å². The Labute approximate surface area is 152 Å². The van der Waals surface area contributed by atoms with Gasteiger partial charge in [0, 0.05) is 11.4 Å². The van der Waals surface area contributed by atoms with Gasteiger partial charge in [0.15, 0.2) is 10.8 Å². The molecule has 25 heavy (non-hydrogen) atoms. The second-order valence-corrected chi connectivity index (χ2v) is 6.15. The zero-order valence-electron chi connectivity index (χ0n) is 14.2. The van der Waals surface area contributed by atoms with E-state index in [1.807, 2.05) is 49.1 Å². The van der Waals surface area contributed by atoms with E-state index < -0.39 is 6.04 Å². The van der Waals surface area contributed by atoms with Gasteiger partial charge >= 0.3 is 0 Å². The summed E-state index contributed by atoms with van der Waals surface area (Å²) in [6, 6.07) is 12.3. The fraction of sp³-hybridized carbons (Fsp3) is 0.211. The van der Waals surface area contributed by atoms with Gasteiger partial charge in [-0.15, -0.1) is 0 Å². The Morgan fingerprint density at radius 1 is 1.16 bits per heavy atom. The maximum Gasteiger partial charge on any atom is 0.256 e. The molecule has 0 aromatic heterocycles. The molecule has 1 fully saturated rings. The Hall–Kier alpha value is -2.91. The van der Waals surface area contributed by atoms with Crippen LogP contribution in [0.25, 0.3) is 4.85 Å². The molecule has 6 heteroatoms. The highest BCUT2D eigenvalue weighted by Crippen LogP contribution is 2.33. The highest BCUT2D eigenvalue weighted by Gasteiger charge is 2.41. The zero-order valence-corrected chi connectivity index (χ0v) is 15.0. The third-order valence-electron chi connectivity index (χ3n) is 4.27. The number of carbonyl (C=O) groups is 1. The van der Waals surface area contributed by atoms with E-state index in [-0.39, 0.29) is 5.91 Å². The number of nitrogens with zero attached hydrogens (tertiary/aromatic N) is 3. The summed E-state index contributed by atoms with van der Waals surface area (Å²) in [4.78, 5) is 19.6. The van der Waals surface area contributed by atoms with Gasteiger partial charge in [0.25, 0.3) is 5.91 Å². The Bertz CT molecular complexity index is 887. The fourth-order valence-electron chi connectivity index (χ4n) is 2.88. The smallest absolute Gasteiger partial charge is 0.256 e. The predicted octanol–water partition coefficient (Wildman–Crippen LogP) is 4.08. The average molecular weight is 351 g/mol. The summed E-state index contributed by atoms with van der Waals surface area (Å²) in [5.74, 6) is 0.658. The predicted molar refractivity (Wildman–Crippen MR) is 102 cm³/mol. The van der Waals surface area contributed by atoms with Gasteiger partial charge in [-0.2, -0.15) is 0 Å². The van der Waals surface area contributed by atoms with E-state index >= 15 is 0 Å². The molecule has 0 N–H and O–H groups in total. The van der Waals surface area contributed by atoms with Crippen molar-refractivity contribution in [1.82, 2.24) is 0 Å². The highest BCUT2D eigenvalue weighted by atomic mass is 32.1. The number of anilines is 2. The number of rotatable bonds is 3. The summed E-state index contributed by atoms with van der Waals surface area (Å²) in [5.41, 5.74) is 2.91.